The molecule has 2 aliphatic rings. The Hall–Kier alpha value is -3.54. The topological polar surface area (TPSA) is 59.7 Å². The summed E-state index contributed by atoms with van der Waals surface area (Å²) in [5, 5.41) is 6.98. The predicted molar refractivity (Wildman–Crippen MR) is 129 cm³/mol. The normalized spacial score (nSPS) is 18.9. The molecule has 0 aliphatic carbocycles. The Kier molecular flexibility index (Phi) is 6.19. The van der Waals surface area contributed by atoms with Gasteiger partial charge >= 0.3 is 0 Å². The third-order valence-electron chi connectivity index (χ3n) is 6.27. The third kappa shape index (κ3) is 5.02. The van der Waals surface area contributed by atoms with Gasteiger partial charge in [0.15, 0.2) is 0 Å². The van der Waals surface area contributed by atoms with E-state index in [9.17, 15) is 0 Å². The number of fused-ring (bicyclic) bond motifs is 2. The molecule has 4 aromatic rings. The minimum Gasteiger partial charge on any atom is -0.384 e. The number of imidazole rings is 2. The van der Waals surface area contributed by atoms with Gasteiger partial charge in [0.1, 0.15) is 0 Å². The fourth-order valence-electron chi connectivity index (χ4n) is 4.66. The van der Waals surface area contributed by atoms with Crippen molar-refractivity contribution in [1.82, 2.24) is 19.1 Å². The Bertz CT molecular complexity index is 1010. The number of nitrogens with zero attached hydrogens (tertiary/aromatic N) is 4. The van der Waals surface area contributed by atoms with Crippen molar-refractivity contribution < 1.29 is 0 Å². The molecule has 2 N–H and O–H groups in total. The molecule has 2 atom stereocenters. The smallest absolute Gasteiger partial charge is 0.0946 e. The first-order valence-corrected chi connectivity index (χ1v) is 11.4. The molecule has 0 saturated heterocycles. The summed E-state index contributed by atoms with van der Waals surface area (Å²) in [6.07, 6.45) is 13.8. The summed E-state index contributed by atoms with van der Waals surface area (Å²) >= 11 is 0. The van der Waals surface area contributed by atoms with Crippen molar-refractivity contribution in [3.05, 3.63) is 97.1 Å². The summed E-state index contributed by atoms with van der Waals surface area (Å²) in [6.45, 7) is 4.19. The fourth-order valence-corrected chi connectivity index (χ4v) is 4.66. The van der Waals surface area contributed by atoms with Gasteiger partial charge in [-0.3, -0.25) is 0 Å². The quantitative estimate of drug-likeness (QED) is 0.510. The number of anilines is 2. The van der Waals surface area contributed by atoms with Gasteiger partial charge in [0.2, 0.25) is 0 Å². The van der Waals surface area contributed by atoms with Crippen LogP contribution in [-0.2, 0) is 25.9 Å². The molecule has 6 heteroatoms. The molecule has 0 radical (unpaired) electrons. The van der Waals surface area contributed by atoms with Crippen LogP contribution >= 0.6 is 0 Å². The van der Waals surface area contributed by atoms with Crippen LogP contribution in [0.15, 0.2) is 86.0 Å². The molecule has 2 aromatic carbocycles. The summed E-state index contributed by atoms with van der Waals surface area (Å²) in [6, 6.07) is 17.1. The van der Waals surface area contributed by atoms with Crippen LogP contribution in [0.3, 0.4) is 0 Å². The van der Waals surface area contributed by atoms with E-state index in [2.05, 4.69) is 78.3 Å². The van der Waals surface area contributed by atoms with Crippen LogP contribution in [0.1, 0.15) is 11.1 Å². The number of rotatable bonds is 4. The van der Waals surface area contributed by atoms with Crippen molar-refractivity contribution in [2.24, 2.45) is 11.8 Å². The van der Waals surface area contributed by atoms with Gasteiger partial charge in [-0.15, -0.1) is 0 Å². The molecule has 0 amide bonds. The van der Waals surface area contributed by atoms with Gasteiger partial charge in [-0.05, 0) is 47.9 Å². The van der Waals surface area contributed by atoms with Gasteiger partial charge in [-0.25, -0.2) is 9.97 Å². The van der Waals surface area contributed by atoms with Crippen molar-refractivity contribution in [3.63, 3.8) is 0 Å². The predicted octanol–water partition coefficient (Wildman–Crippen LogP) is 4.34. The van der Waals surface area contributed by atoms with Crippen molar-refractivity contribution in [2.45, 2.75) is 25.9 Å². The molecule has 6 rings (SSSR count). The molecular weight excluding hydrogens is 396 g/mol. The number of nitrogens with one attached hydrogen (secondary N) is 2. The Morgan fingerprint density at radius 1 is 0.688 bits per heavy atom. The lowest BCUT2D eigenvalue weighted by Gasteiger charge is -2.26. The lowest BCUT2D eigenvalue weighted by molar-refractivity contribution is 0.452. The molecular formula is C26H30N6. The first kappa shape index (κ1) is 20.4. The largest absolute Gasteiger partial charge is 0.384 e. The summed E-state index contributed by atoms with van der Waals surface area (Å²) in [5.41, 5.74) is 5.45. The van der Waals surface area contributed by atoms with Crippen LogP contribution in [0.2, 0.25) is 0 Å². The van der Waals surface area contributed by atoms with Gasteiger partial charge in [0.25, 0.3) is 0 Å². The van der Waals surface area contributed by atoms with Gasteiger partial charge in [0.05, 0.1) is 12.7 Å². The van der Waals surface area contributed by atoms with Crippen LogP contribution in [0.25, 0.3) is 0 Å². The number of hydrogen-bond acceptors (Lipinski definition) is 4. The SMILES string of the molecule is c1ccc2c(c1)C[C@@H](Cn1ccnc1)CN2.c1ccc2c(c1)C[C@H](Cn1ccnc1)CN2. The molecule has 0 unspecified atom stereocenters. The second-order valence-corrected chi connectivity index (χ2v) is 8.74. The van der Waals surface area contributed by atoms with Crippen LogP contribution in [0.4, 0.5) is 11.4 Å². The molecule has 164 valence electrons. The number of para-hydroxylation sites is 2. The fraction of sp³-hybridized carbons (Fsp3) is 0.308. The molecule has 4 heterocycles. The number of benzene rings is 2. The molecule has 0 saturated carbocycles. The van der Waals surface area contributed by atoms with Crippen LogP contribution in [-0.4, -0.2) is 32.2 Å². The highest BCUT2D eigenvalue weighted by molar-refractivity contribution is 5.53. The molecule has 0 fully saturated rings. The summed E-state index contributed by atoms with van der Waals surface area (Å²) in [4.78, 5) is 8.15. The highest BCUT2D eigenvalue weighted by Crippen LogP contribution is 2.26. The van der Waals surface area contributed by atoms with Gasteiger partial charge in [0, 0.05) is 62.3 Å². The molecule has 0 bridgehead atoms. The summed E-state index contributed by atoms with van der Waals surface area (Å²) in [5.74, 6) is 1.31. The molecule has 32 heavy (non-hydrogen) atoms. The minimum absolute atomic E-state index is 0.657. The van der Waals surface area contributed by atoms with Crippen molar-refractivity contribution in [1.29, 1.82) is 0 Å². The Labute approximate surface area is 189 Å². The number of aromatic nitrogens is 4. The first-order valence-electron chi connectivity index (χ1n) is 11.4. The van der Waals surface area contributed by atoms with Crippen LogP contribution in [0, 0.1) is 11.8 Å². The van der Waals surface area contributed by atoms with E-state index in [4.69, 9.17) is 0 Å². The third-order valence-corrected chi connectivity index (χ3v) is 6.27. The van der Waals surface area contributed by atoms with Crippen LogP contribution < -0.4 is 10.6 Å². The first-order chi connectivity index (χ1) is 15.8. The highest BCUT2D eigenvalue weighted by atomic mass is 15.0. The Balaban J connectivity index is 0.000000135. The standard InChI is InChI=1S/2C13H15N3/c2*1-2-4-13-12(3-1)7-11(8-15-13)9-16-6-5-14-10-16/h2*1-6,10-11,15H,7-9H2/t2*11-/m10/s1. The van der Waals surface area contributed by atoms with E-state index in [1.807, 2.05) is 37.4 Å². The van der Waals surface area contributed by atoms with E-state index in [1.54, 1.807) is 0 Å². The maximum Gasteiger partial charge on any atom is 0.0946 e. The molecule has 6 nitrogen and oxygen atoms in total. The monoisotopic (exact) mass is 426 g/mol. The Morgan fingerprint density at radius 3 is 1.59 bits per heavy atom. The molecule has 2 aromatic heterocycles. The van der Waals surface area contributed by atoms with Crippen LogP contribution in [0.5, 0.6) is 0 Å². The Morgan fingerprint density at radius 2 is 1.16 bits per heavy atom. The van der Waals surface area contributed by atoms with Crippen molar-refractivity contribution in [3.8, 4) is 0 Å². The van der Waals surface area contributed by atoms with Gasteiger partial charge in [-0.1, -0.05) is 36.4 Å². The number of hydrogen-bond donors (Lipinski definition) is 2. The van der Waals surface area contributed by atoms with Crippen molar-refractivity contribution in [2.75, 3.05) is 23.7 Å². The second-order valence-electron chi connectivity index (χ2n) is 8.74. The minimum atomic E-state index is 0.657. The maximum atomic E-state index is 4.07. The molecule has 0 spiro atoms. The molecule has 2 aliphatic heterocycles. The zero-order valence-corrected chi connectivity index (χ0v) is 18.3. The highest BCUT2D eigenvalue weighted by Gasteiger charge is 2.18. The maximum absolute atomic E-state index is 4.07. The lowest BCUT2D eigenvalue weighted by atomic mass is 9.94. The van der Waals surface area contributed by atoms with E-state index in [0.717, 1.165) is 39.0 Å². The average Bonchev–Trinajstić information content (AvgIpc) is 3.54. The zero-order chi connectivity index (χ0) is 21.6. The average molecular weight is 427 g/mol. The van der Waals surface area contributed by atoms with E-state index >= 15 is 0 Å². The zero-order valence-electron chi connectivity index (χ0n) is 18.3. The van der Waals surface area contributed by atoms with Gasteiger partial charge in [-0.2, -0.15) is 0 Å². The lowest BCUT2D eigenvalue weighted by Crippen LogP contribution is -2.26. The summed E-state index contributed by atoms with van der Waals surface area (Å²) < 4.78 is 4.31. The van der Waals surface area contributed by atoms with E-state index in [0.29, 0.717) is 11.8 Å². The van der Waals surface area contributed by atoms with E-state index in [-0.39, 0.29) is 0 Å². The van der Waals surface area contributed by atoms with E-state index in [1.165, 1.54) is 22.5 Å². The van der Waals surface area contributed by atoms with Gasteiger partial charge < -0.3 is 19.8 Å². The van der Waals surface area contributed by atoms with Crippen molar-refractivity contribution >= 4 is 11.4 Å². The second kappa shape index (κ2) is 9.73. The summed E-state index contributed by atoms with van der Waals surface area (Å²) in [7, 11) is 0. The van der Waals surface area contributed by atoms with E-state index < -0.39 is 0 Å².